The van der Waals surface area contributed by atoms with Gasteiger partial charge in [-0.15, -0.1) is 0 Å². The number of rotatable bonds is 1. The van der Waals surface area contributed by atoms with Gasteiger partial charge in [0.1, 0.15) is 16.9 Å². The minimum atomic E-state index is -0.677. The molecule has 0 spiro atoms. The average Bonchev–Trinajstić information content (AvgIpc) is 2.27. The van der Waals surface area contributed by atoms with Crippen LogP contribution in [0.15, 0.2) is 38.5 Å². The van der Waals surface area contributed by atoms with Crippen LogP contribution in [0.3, 0.4) is 0 Å². The molecule has 2 rings (SSSR count). The molecule has 0 aliphatic rings. The first-order chi connectivity index (χ1) is 8.50. The Bertz CT molecular complexity index is 719. The monoisotopic (exact) mass is 262 g/mol. The lowest BCUT2D eigenvalue weighted by molar-refractivity contribution is 0.466. The molecule has 5 nitrogen and oxygen atoms in total. The van der Waals surface area contributed by atoms with E-state index in [0.29, 0.717) is 11.0 Å². The number of hydrogen-bond acceptors (Lipinski definition) is 4. The van der Waals surface area contributed by atoms with Crippen LogP contribution in [0.2, 0.25) is 0 Å². The Balaban J connectivity index is 2.80. The maximum absolute atomic E-state index is 11.8. The minimum Gasteiger partial charge on any atom is -0.506 e. The van der Waals surface area contributed by atoms with Gasteiger partial charge in [-0.2, -0.15) is 0 Å². The molecule has 18 heavy (non-hydrogen) atoms. The zero-order valence-electron chi connectivity index (χ0n) is 9.51. The fourth-order valence-corrected chi connectivity index (χ4v) is 1.81. The smallest absolute Gasteiger partial charge is 0.349 e. The maximum Gasteiger partial charge on any atom is 0.349 e. The highest BCUT2D eigenvalue weighted by atomic mass is 32.1. The molecule has 0 amide bonds. The summed E-state index contributed by atoms with van der Waals surface area (Å²) in [5.41, 5.74) is 5.10. The maximum atomic E-state index is 11.8. The Kier molecular flexibility index (Phi) is 3.12. The molecule has 0 aliphatic carbocycles. The van der Waals surface area contributed by atoms with Crippen LogP contribution in [0.1, 0.15) is 12.5 Å². The minimum absolute atomic E-state index is 0.0264. The van der Waals surface area contributed by atoms with Crippen molar-refractivity contribution in [2.75, 3.05) is 0 Å². The number of nitrogens with two attached hydrogens (primary N) is 1. The Morgan fingerprint density at radius 1 is 1.44 bits per heavy atom. The van der Waals surface area contributed by atoms with Crippen molar-refractivity contribution in [3.63, 3.8) is 0 Å². The van der Waals surface area contributed by atoms with Gasteiger partial charge < -0.3 is 15.3 Å². The molecule has 0 unspecified atom stereocenters. The normalized spacial score (nSPS) is 11.7. The lowest BCUT2D eigenvalue weighted by Crippen LogP contribution is -2.16. The highest BCUT2D eigenvalue weighted by molar-refractivity contribution is 7.80. The van der Waals surface area contributed by atoms with Crippen LogP contribution in [-0.4, -0.2) is 15.9 Å². The molecule has 0 atom stereocenters. The number of aromatic hydroxyl groups is 1. The van der Waals surface area contributed by atoms with Crippen molar-refractivity contribution in [2.24, 2.45) is 10.7 Å². The van der Waals surface area contributed by atoms with Gasteiger partial charge in [-0.3, -0.25) is 0 Å². The van der Waals surface area contributed by atoms with Crippen LogP contribution < -0.4 is 11.4 Å². The highest BCUT2D eigenvalue weighted by Gasteiger charge is 2.16. The summed E-state index contributed by atoms with van der Waals surface area (Å²) >= 11 is 4.63. The topological polar surface area (TPSA) is 88.8 Å². The van der Waals surface area contributed by atoms with E-state index in [1.807, 2.05) is 0 Å². The molecule has 0 radical (unpaired) electrons. The molecule has 92 valence electrons. The number of benzene rings is 1. The zero-order valence-corrected chi connectivity index (χ0v) is 10.3. The second-order valence-electron chi connectivity index (χ2n) is 3.64. The first kappa shape index (κ1) is 12.3. The van der Waals surface area contributed by atoms with Crippen molar-refractivity contribution in [3.8, 4) is 5.75 Å². The first-order valence-corrected chi connectivity index (χ1v) is 5.51. The van der Waals surface area contributed by atoms with Crippen LogP contribution in [-0.2, 0) is 0 Å². The number of thiocarbonyl (C=S) groups is 1. The van der Waals surface area contributed by atoms with Gasteiger partial charge in [0.15, 0.2) is 5.11 Å². The van der Waals surface area contributed by atoms with Crippen LogP contribution >= 0.6 is 12.2 Å². The van der Waals surface area contributed by atoms with E-state index in [1.54, 1.807) is 24.3 Å². The summed E-state index contributed by atoms with van der Waals surface area (Å²) < 4.78 is 5.10. The summed E-state index contributed by atoms with van der Waals surface area (Å²) in [5.74, 6) is -0.181. The molecule has 0 bridgehead atoms. The summed E-state index contributed by atoms with van der Waals surface area (Å²) in [6, 6.07) is 6.68. The predicted molar refractivity (Wildman–Crippen MR) is 73.1 cm³/mol. The van der Waals surface area contributed by atoms with Gasteiger partial charge in [0.25, 0.3) is 0 Å². The lowest BCUT2D eigenvalue weighted by Gasteiger charge is -2.05. The van der Waals surface area contributed by atoms with Gasteiger partial charge in [-0.1, -0.05) is 12.1 Å². The van der Waals surface area contributed by atoms with Crippen molar-refractivity contribution >= 4 is 34.0 Å². The van der Waals surface area contributed by atoms with Gasteiger partial charge in [0, 0.05) is 0 Å². The summed E-state index contributed by atoms with van der Waals surface area (Å²) in [4.78, 5) is 15.6. The number of fused-ring (bicyclic) bond motifs is 1. The Morgan fingerprint density at radius 2 is 2.11 bits per heavy atom. The SMILES string of the molecule is CC(=NC(N)=S)c1c(O)c2ccccc2oc1=O. The van der Waals surface area contributed by atoms with E-state index in [4.69, 9.17) is 10.2 Å². The molecule has 2 aromatic rings. The summed E-state index contributed by atoms with van der Waals surface area (Å²) in [6.07, 6.45) is 0. The van der Waals surface area contributed by atoms with E-state index in [2.05, 4.69) is 17.2 Å². The number of hydrogen-bond donors (Lipinski definition) is 2. The van der Waals surface area contributed by atoms with Crippen LogP contribution in [0.4, 0.5) is 0 Å². The Labute approximate surface area is 108 Å². The Hall–Kier alpha value is -2.21. The third-order valence-corrected chi connectivity index (χ3v) is 2.52. The van der Waals surface area contributed by atoms with Crippen LogP contribution in [0, 0.1) is 0 Å². The van der Waals surface area contributed by atoms with Crippen molar-refractivity contribution < 1.29 is 9.52 Å². The highest BCUT2D eigenvalue weighted by Crippen LogP contribution is 2.26. The fourth-order valence-electron chi connectivity index (χ4n) is 1.67. The van der Waals surface area contributed by atoms with Crippen molar-refractivity contribution in [3.05, 3.63) is 40.2 Å². The van der Waals surface area contributed by atoms with Crippen LogP contribution in [0.5, 0.6) is 5.75 Å². The predicted octanol–water partition coefficient (Wildman–Crippen LogP) is 1.55. The molecular formula is C12H10N2O3S. The lowest BCUT2D eigenvalue weighted by atomic mass is 10.1. The van der Waals surface area contributed by atoms with Gasteiger partial charge in [-0.25, -0.2) is 9.79 Å². The van der Waals surface area contributed by atoms with Gasteiger partial charge >= 0.3 is 5.63 Å². The van der Waals surface area contributed by atoms with Crippen LogP contribution in [0.25, 0.3) is 11.0 Å². The molecule has 3 N–H and O–H groups in total. The molecule has 0 aliphatic heterocycles. The molecule has 1 aromatic heterocycles. The first-order valence-electron chi connectivity index (χ1n) is 5.10. The van der Waals surface area contributed by atoms with Gasteiger partial charge in [-0.05, 0) is 31.3 Å². The number of nitrogens with zero attached hydrogens (tertiary/aromatic N) is 1. The van der Waals surface area contributed by atoms with E-state index < -0.39 is 5.63 Å². The van der Waals surface area contributed by atoms with Crippen molar-refractivity contribution in [1.82, 2.24) is 0 Å². The van der Waals surface area contributed by atoms with E-state index in [0.717, 1.165) is 0 Å². The summed E-state index contributed by atoms with van der Waals surface area (Å²) in [7, 11) is 0. The average molecular weight is 262 g/mol. The summed E-state index contributed by atoms with van der Waals surface area (Å²) in [6.45, 7) is 1.53. The Morgan fingerprint density at radius 3 is 2.78 bits per heavy atom. The van der Waals surface area contributed by atoms with E-state index >= 15 is 0 Å². The van der Waals surface area contributed by atoms with E-state index in [-0.39, 0.29) is 22.1 Å². The molecule has 0 saturated carbocycles. The number of aliphatic imine (C=N–C) groups is 1. The third kappa shape index (κ3) is 2.10. The van der Waals surface area contributed by atoms with Crippen molar-refractivity contribution in [2.45, 2.75) is 6.92 Å². The van der Waals surface area contributed by atoms with Crippen molar-refractivity contribution in [1.29, 1.82) is 0 Å². The molecular weight excluding hydrogens is 252 g/mol. The fraction of sp³-hybridized carbons (Fsp3) is 0.0833. The summed E-state index contributed by atoms with van der Waals surface area (Å²) in [5, 5.41) is 10.4. The molecule has 0 fully saturated rings. The molecule has 1 heterocycles. The molecule has 1 aromatic carbocycles. The second-order valence-corrected chi connectivity index (χ2v) is 4.06. The third-order valence-electron chi connectivity index (χ3n) is 2.43. The van der Waals surface area contributed by atoms with Gasteiger partial charge in [0.2, 0.25) is 0 Å². The zero-order chi connectivity index (χ0) is 13.3. The number of para-hydroxylation sites is 1. The molecule has 0 saturated heterocycles. The van der Waals surface area contributed by atoms with Gasteiger partial charge in [0.05, 0.1) is 11.1 Å². The van der Waals surface area contributed by atoms with E-state index in [9.17, 15) is 9.90 Å². The largest absolute Gasteiger partial charge is 0.506 e. The second kappa shape index (κ2) is 4.58. The quantitative estimate of drug-likeness (QED) is 0.462. The van der Waals surface area contributed by atoms with E-state index in [1.165, 1.54) is 6.92 Å². The standard InChI is InChI=1S/C12H10N2O3S/c1-6(14-12(13)18)9-10(15)7-4-2-3-5-8(7)17-11(9)16/h2-5,15H,1H3,(H2,13,18). The molecule has 6 heteroatoms.